The van der Waals surface area contributed by atoms with E-state index in [2.05, 4.69) is 5.32 Å². The number of hydrogen-bond donors (Lipinski definition) is 2. The van der Waals surface area contributed by atoms with Crippen molar-refractivity contribution in [1.29, 1.82) is 0 Å². The van der Waals surface area contributed by atoms with Crippen molar-refractivity contribution in [2.45, 2.75) is 38.3 Å². The Morgan fingerprint density at radius 1 is 1.28 bits per heavy atom. The Labute approximate surface area is 106 Å². The summed E-state index contributed by atoms with van der Waals surface area (Å²) in [6.45, 7) is 1.07. The van der Waals surface area contributed by atoms with Crippen LogP contribution in [0.2, 0.25) is 0 Å². The first-order valence-corrected chi connectivity index (χ1v) is 6.48. The van der Waals surface area contributed by atoms with Crippen molar-refractivity contribution in [1.82, 2.24) is 5.32 Å². The van der Waals surface area contributed by atoms with Gasteiger partial charge in [0.05, 0.1) is 6.10 Å². The van der Waals surface area contributed by atoms with E-state index in [-0.39, 0.29) is 11.9 Å². The van der Waals surface area contributed by atoms with E-state index in [0.717, 1.165) is 44.4 Å². The SMILES string of the molecule is OC1CCCC(CNCc2cc(F)ccc2F)C1. The van der Waals surface area contributed by atoms with Gasteiger partial charge in [0.2, 0.25) is 0 Å². The van der Waals surface area contributed by atoms with Crippen LogP contribution in [0.4, 0.5) is 8.78 Å². The number of nitrogens with one attached hydrogen (secondary N) is 1. The Morgan fingerprint density at radius 2 is 2.11 bits per heavy atom. The summed E-state index contributed by atoms with van der Waals surface area (Å²) in [7, 11) is 0. The van der Waals surface area contributed by atoms with Crippen LogP contribution in [0.3, 0.4) is 0 Å². The van der Waals surface area contributed by atoms with Crippen molar-refractivity contribution in [2.75, 3.05) is 6.54 Å². The predicted octanol–water partition coefficient (Wildman–Crippen LogP) is 2.61. The van der Waals surface area contributed by atoms with E-state index < -0.39 is 5.82 Å². The number of halogens is 2. The van der Waals surface area contributed by atoms with Gasteiger partial charge in [-0.1, -0.05) is 6.42 Å². The van der Waals surface area contributed by atoms with Gasteiger partial charge in [0.25, 0.3) is 0 Å². The zero-order chi connectivity index (χ0) is 13.0. The number of benzene rings is 1. The van der Waals surface area contributed by atoms with E-state index in [0.29, 0.717) is 18.0 Å². The molecule has 0 heterocycles. The minimum atomic E-state index is -0.415. The van der Waals surface area contributed by atoms with Crippen LogP contribution in [0.5, 0.6) is 0 Å². The van der Waals surface area contributed by atoms with Gasteiger partial charge in [-0.2, -0.15) is 0 Å². The molecule has 18 heavy (non-hydrogen) atoms. The molecule has 0 amide bonds. The Kier molecular flexibility index (Phi) is 4.66. The van der Waals surface area contributed by atoms with E-state index in [1.54, 1.807) is 0 Å². The van der Waals surface area contributed by atoms with Crippen LogP contribution in [0.15, 0.2) is 18.2 Å². The maximum absolute atomic E-state index is 13.4. The maximum Gasteiger partial charge on any atom is 0.127 e. The zero-order valence-corrected chi connectivity index (χ0v) is 10.3. The van der Waals surface area contributed by atoms with E-state index in [4.69, 9.17) is 0 Å². The maximum atomic E-state index is 13.4. The van der Waals surface area contributed by atoms with Crippen LogP contribution in [0.25, 0.3) is 0 Å². The molecule has 2 nitrogen and oxygen atoms in total. The third-order valence-electron chi connectivity index (χ3n) is 3.51. The molecule has 2 N–H and O–H groups in total. The summed E-state index contributed by atoms with van der Waals surface area (Å²) in [5.74, 6) is -0.362. The number of rotatable bonds is 4. The minimum Gasteiger partial charge on any atom is -0.393 e. The summed E-state index contributed by atoms with van der Waals surface area (Å²) < 4.78 is 26.3. The highest BCUT2D eigenvalue weighted by molar-refractivity contribution is 5.18. The Balaban J connectivity index is 1.79. The van der Waals surface area contributed by atoms with Crippen LogP contribution < -0.4 is 5.32 Å². The van der Waals surface area contributed by atoms with Gasteiger partial charge in [-0.3, -0.25) is 0 Å². The molecule has 0 bridgehead atoms. The molecule has 0 aliphatic heterocycles. The molecule has 2 rings (SSSR count). The molecule has 1 aromatic rings. The lowest BCUT2D eigenvalue weighted by Crippen LogP contribution is -2.29. The molecule has 0 spiro atoms. The monoisotopic (exact) mass is 255 g/mol. The van der Waals surface area contributed by atoms with Gasteiger partial charge in [-0.25, -0.2) is 8.78 Å². The van der Waals surface area contributed by atoms with Crippen molar-refractivity contribution < 1.29 is 13.9 Å². The lowest BCUT2D eigenvalue weighted by Gasteiger charge is -2.26. The second-order valence-electron chi connectivity index (χ2n) is 5.05. The van der Waals surface area contributed by atoms with Gasteiger partial charge in [0.15, 0.2) is 0 Å². The quantitative estimate of drug-likeness (QED) is 0.866. The lowest BCUT2D eigenvalue weighted by atomic mass is 9.87. The first-order chi connectivity index (χ1) is 8.65. The number of aliphatic hydroxyl groups is 1. The third kappa shape index (κ3) is 3.75. The Morgan fingerprint density at radius 3 is 2.89 bits per heavy atom. The molecule has 0 aromatic heterocycles. The van der Waals surface area contributed by atoms with Gasteiger partial charge in [-0.15, -0.1) is 0 Å². The van der Waals surface area contributed by atoms with Gasteiger partial charge in [0, 0.05) is 12.1 Å². The normalized spacial score (nSPS) is 24.2. The molecule has 2 atom stereocenters. The summed E-state index contributed by atoms with van der Waals surface area (Å²) in [6.07, 6.45) is 3.63. The van der Waals surface area contributed by atoms with Gasteiger partial charge < -0.3 is 10.4 Å². The first kappa shape index (κ1) is 13.4. The molecule has 1 aromatic carbocycles. The molecule has 2 unspecified atom stereocenters. The number of aliphatic hydroxyl groups excluding tert-OH is 1. The highest BCUT2D eigenvalue weighted by Crippen LogP contribution is 2.23. The molecule has 0 saturated heterocycles. The topological polar surface area (TPSA) is 32.3 Å². The molecule has 100 valence electrons. The predicted molar refractivity (Wildman–Crippen MR) is 66.0 cm³/mol. The first-order valence-electron chi connectivity index (χ1n) is 6.48. The van der Waals surface area contributed by atoms with Crippen LogP contribution in [-0.4, -0.2) is 17.8 Å². The summed E-state index contributed by atoms with van der Waals surface area (Å²) in [4.78, 5) is 0. The molecule has 0 radical (unpaired) electrons. The van der Waals surface area contributed by atoms with Crippen LogP contribution in [-0.2, 0) is 6.54 Å². The van der Waals surface area contributed by atoms with E-state index in [9.17, 15) is 13.9 Å². The second-order valence-corrected chi connectivity index (χ2v) is 5.05. The summed E-state index contributed by atoms with van der Waals surface area (Å²) in [5, 5.41) is 12.7. The third-order valence-corrected chi connectivity index (χ3v) is 3.51. The summed E-state index contributed by atoms with van der Waals surface area (Å²) in [5.41, 5.74) is 0.353. The summed E-state index contributed by atoms with van der Waals surface area (Å²) >= 11 is 0. The van der Waals surface area contributed by atoms with Crippen molar-refractivity contribution in [3.05, 3.63) is 35.4 Å². The zero-order valence-electron chi connectivity index (χ0n) is 10.3. The minimum absolute atomic E-state index is 0.198. The number of hydrogen-bond acceptors (Lipinski definition) is 2. The van der Waals surface area contributed by atoms with Crippen molar-refractivity contribution in [2.24, 2.45) is 5.92 Å². The molecule has 4 heteroatoms. The standard InChI is InChI=1S/C14H19F2NO/c15-12-4-5-14(16)11(7-12)9-17-8-10-2-1-3-13(18)6-10/h4-5,7,10,13,17-18H,1-3,6,8-9H2. The van der Waals surface area contributed by atoms with Gasteiger partial charge >= 0.3 is 0 Å². The molecular weight excluding hydrogens is 236 g/mol. The molecule has 1 aliphatic rings. The van der Waals surface area contributed by atoms with E-state index >= 15 is 0 Å². The van der Waals surface area contributed by atoms with Crippen LogP contribution >= 0.6 is 0 Å². The van der Waals surface area contributed by atoms with Crippen LogP contribution in [0, 0.1) is 17.6 Å². The van der Waals surface area contributed by atoms with E-state index in [1.165, 1.54) is 6.07 Å². The van der Waals surface area contributed by atoms with Crippen LogP contribution in [0.1, 0.15) is 31.2 Å². The second kappa shape index (κ2) is 6.25. The molecule has 1 aliphatic carbocycles. The van der Waals surface area contributed by atoms with Gasteiger partial charge in [0.1, 0.15) is 11.6 Å². The molecule has 1 fully saturated rings. The molecule has 1 saturated carbocycles. The summed E-state index contributed by atoms with van der Waals surface area (Å²) in [6, 6.07) is 3.49. The average molecular weight is 255 g/mol. The van der Waals surface area contributed by atoms with Crippen molar-refractivity contribution >= 4 is 0 Å². The van der Waals surface area contributed by atoms with Crippen molar-refractivity contribution in [3.63, 3.8) is 0 Å². The fourth-order valence-electron chi connectivity index (χ4n) is 2.54. The largest absolute Gasteiger partial charge is 0.393 e. The Bertz CT molecular complexity index is 397. The fourth-order valence-corrected chi connectivity index (χ4v) is 2.54. The van der Waals surface area contributed by atoms with Crippen molar-refractivity contribution in [3.8, 4) is 0 Å². The van der Waals surface area contributed by atoms with Gasteiger partial charge in [-0.05, 0) is 49.9 Å². The Hall–Kier alpha value is -1.00. The average Bonchev–Trinajstić information content (AvgIpc) is 2.34. The smallest absolute Gasteiger partial charge is 0.127 e. The van der Waals surface area contributed by atoms with E-state index in [1.807, 2.05) is 0 Å². The highest BCUT2D eigenvalue weighted by atomic mass is 19.1. The lowest BCUT2D eigenvalue weighted by molar-refractivity contribution is 0.101. The highest BCUT2D eigenvalue weighted by Gasteiger charge is 2.19. The fraction of sp³-hybridized carbons (Fsp3) is 0.571. The molecular formula is C14H19F2NO.